The molecule has 0 radical (unpaired) electrons. The minimum atomic E-state index is -0.372. The van der Waals surface area contributed by atoms with Gasteiger partial charge in [0.25, 0.3) is 0 Å². The topological polar surface area (TPSA) is 40.5 Å². The lowest BCUT2D eigenvalue weighted by molar-refractivity contribution is -0.129. The van der Waals surface area contributed by atoms with Crippen LogP contribution in [-0.2, 0) is 11.2 Å². The lowest BCUT2D eigenvalue weighted by Gasteiger charge is -2.15. The molecule has 0 bridgehead atoms. The van der Waals surface area contributed by atoms with Crippen LogP contribution in [0.1, 0.15) is 5.56 Å². The maximum absolute atomic E-state index is 13.2. The summed E-state index contributed by atoms with van der Waals surface area (Å²) in [6.07, 6.45) is 0.0309. The Balaban J connectivity index is 2.62. The van der Waals surface area contributed by atoms with E-state index in [1.54, 1.807) is 25.2 Å². The van der Waals surface area contributed by atoms with Crippen LogP contribution in [0.5, 0.6) is 0 Å². The second-order valence-electron chi connectivity index (χ2n) is 3.31. The highest BCUT2D eigenvalue weighted by molar-refractivity contribution is 5.78. The van der Waals surface area contributed by atoms with Gasteiger partial charge in [-0.3, -0.25) is 4.79 Å². The summed E-state index contributed by atoms with van der Waals surface area (Å²) in [4.78, 5) is 12.9. The van der Waals surface area contributed by atoms with Crippen molar-refractivity contribution in [3.05, 3.63) is 35.6 Å². The van der Waals surface area contributed by atoms with Gasteiger partial charge in [0.15, 0.2) is 0 Å². The number of hydrogen-bond acceptors (Lipinski definition) is 2. The van der Waals surface area contributed by atoms with Crippen molar-refractivity contribution in [2.24, 2.45) is 0 Å². The third-order valence-electron chi connectivity index (χ3n) is 2.16. The SMILES string of the molecule is CN(CCO)C(=O)Cc1ccccc1F. The molecule has 0 unspecified atom stereocenters. The quantitative estimate of drug-likeness (QED) is 0.801. The van der Waals surface area contributed by atoms with E-state index in [0.717, 1.165) is 0 Å². The van der Waals surface area contributed by atoms with Gasteiger partial charge >= 0.3 is 0 Å². The van der Waals surface area contributed by atoms with Gasteiger partial charge in [-0.25, -0.2) is 4.39 Å². The van der Waals surface area contributed by atoms with Gasteiger partial charge < -0.3 is 10.0 Å². The van der Waals surface area contributed by atoms with E-state index in [2.05, 4.69) is 0 Å². The molecule has 0 aromatic heterocycles. The van der Waals surface area contributed by atoms with E-state index < -0.39 is 0 Å². The normalized spacial score (nSPS) is 10.1. The molecule has 0 spiro atoms. The lowest BCUT2D eigenvalue weighted by atomic mass is 10.1. The number of benzene rings is 1. The maximum Gasteiger partial charge on any atom is 0.226 e. The molecular weight excluding hydrogens is 197 g/mol. The predicted octanol–water partition coefficient (Wildman–Crippen LogP) is 0.819. The number of halogens is 1. The molecule has 0 aliphatic rings. The monoisotopic (exact) mass is 211 g/mol. The molecule has 4 heteroatoms. The van der Waals surface area contributed by atoms with Gasteiger partial charge in [-0.15, -0.1) is 0 Å². The molecule has 1 rings (SSSR count). The average molecular weight is 211 g/mol. The van der Waals surface area contributed by atoms with E-state index in [-0.39, 0.29) is 31.3 Å². The smallest absolute Gasteiger partial charge is 0.226 e. The molecule has 0 aliphatic carbocycles. The van der Waals surface area contributed by atoms with Crippen LogP contribution in [0, 0.1) is 5.82 Å². The van der Waals surface area contributed by atoms with E-state index in [4.69, 9.17) is 5.11 Å². The van der Waals surface area contributed by atoms with Gasteiger partial charge in [-0.05, 0) is 11.6 Å². The first-order chi connectivity index (χ1) is 7.15. The number of likely N-dealkylation sites (N-methyl/N-ethyl adjacent to an activating group) is 1. The highest BCUT2D eigenvalue weighted by Crippen LogP contribution is 2.08. The maximum atomic E-state index is 13.2. The number of carbonyl (C=O) groups excluding carboxylic acids is 1. The zero-order valence-electron chi connectivity index (χ0n) is 8.61. The molecule has 0 fully saturated rings. The summed E-state index contributed by atoms with van der Waals surface area (Å²) >= 11 is 0. The van der Waals surface area contributed by atoms with Crippen molar-refractivity contribution in [1.82, 2.24) is 4.90 Å². The summed E-state index contributed by atoms with van der Waals surface area (Å²) in [7, 11) is 1.58. The summed E-state index contributed by atoms with van der Waals surface area (Å²) < 4.78 is 13.2. The van der Waals surface area contributed by atoms with Gasteiger partial charge in [-0.1, -0.05) is 18.2 Å². The second-order valence-corrected chi connectivity index (χ2v) is 3.31. The predicted molar refractivity (Wildman–Crippen MR) is 54.8 cm³/mol. The van der Waals surface area contributed by atoms with Crippen LogP contribution in [0.2, 0.25) is 0 Å². The zero-order chi connectivity index (χ0) is 11.3. The summed E-state index contributed by atoms with van der Waals surface area (Å²) in [5.41, 5.74) is 0.382. The molecular formula is C11H14FNO2. The van der Waals surface area contributed by atoms with Gasteiger partial charge in [0.2, 0.25) is 5.91 Å². The first kappa shape index (κ1) is 11.7. The highest BCUT2D eigenvalue weighted by Gasteiger charge is 2.11. The first-order valence-electron chi connectivity index (χ1n) is 4.73. The van der Waals surface area contributed by atoms with E-state index in [1.807, 2.05) is 0 Å². The number of aliphatic hydroxyl groups excluding tert-OH is 1. The molecule has 1 aromatic rings. The van der Waals surface area contributed by atoms with Crippen molar-refractivity contribution >= 4 is 5.91 Å². The number of aliphatic hydroxyl groups is 1. The third kappa shape index (κ3) is 3.32. The number of amides is 1. The largest absolute Gasteiger partial charge is 0.395 e. The van der Waals surface area contributed by atoms with Crippen molar-refractivity contribution in [3.8, 4) is 0 Å². The molecule has 3 nitrogen and oxygen atoms in total. The Hall–Kier alpha value is -1.42. The fraction of sp³-hybridized carbons (Fsp3) is 0.364. The molecule has 0 atom stereocenters. The van der Waals surface area contributed by atoms with Crippen molar-refractivity contribution in [3.63, 3.8) is 0 Å². The standard InChI is InChI=1S/C11H14FNO2/c1-13(6-7-14)11(15)8-9-4-2-3-5-10(9)12/h2-5,14H,6-8H2,1H3. The molecule has 1 aromatic carbocycles. The van der Waals surface area contributed by atoms with Crippen LogP contribution < -0.4 is 0 Å². The van der Waals surface area contributed by atoms with E-state index in [1.165, 1.54) is 11.0 Å². The van der Waals surface area contributed by atoms with Crippen LogP contribution >= 0.6 is 0 Å². The molecule has 1 amide bonds. The fourth-order valence-electron chi connectivity index (χ4n) is 1.21. The number of carbonyl (C=O) groups is 1. The van der Waals surface area contributed by atoms with E-state index in [9.17, 15) is 9.18 Å². The van der Waals surface area contributed by atoms with E-state index >= 15 is 0 Å². The molecule has 0 saturated heterocycles. The van der Waals surface area contributed by atoms with Crippen molar-refractivity contribution in [1.29, 1.82) is 0 Å². The second kappa shape index (κ2) is 5.46. The Bertz CT molecular complexity index is 341. The van der Waals surface area contributed by atoms with Crippen molar-refractivity contribution < 1.29 is 14.3 Å². The Kier molecular flexibility index (Phi) is 4.24. The highest BCUT2D eigenvalue weighted by atomic mass is 19.1. The number of nitrogens with zero attached hydrogens (tertiary/aromatic N) is 1. The Morgan fingerprint density at radius 2 is 2.13 bits per heavy atom. The minimum absolute atomic E-state index is 0.0309. The van der Waals surface area contributed by atoms with Gasteiger partial charge in [-0.2, -0.15) is 0 Å². The van der Waals surface area contributed by atoms with Crippen LogP contribution in [0.25, 0.3) is 0 Å². The first-order valence-corrected chi connectivity index (χ1v) is 4.73. The summed E-state index contributed by atoms with van der Waals surface area (Å²) in [6.45, 7) is 0.187. The Morgan fingerprint density at radius 1 is 1.47 bits per heavy atom. The summed E-state index contributed by atoms with van der Waals surface area (Å²) in [5.74, 6) is -0.572. The summed E-state index contributed by atoms with van der Waals surface area (Å²) in [6, 6.07) is 6.19. The average Bonchev–Trinajstić information content (AvgIpc) is 2.21. The van der Waals surface area contributed by atoms with Gasteiger partial charge in [0.05, 0.1) is 13.0 Å². The Morgan fingerprint density at radius 3 is 2.73 bits per heavy atom. The van der Waals surface area contributed by atoms with Crippen LogP contribution in [-0.4, -0.2) is 36.1 Å². The van der Waals surface area contributed by atoms with Crippen LogP contribution in [0.4, 0.5) is 4.39 Å². The lowest BCUT2D eigenvalue weighted by Crippen LogP contribution is -2.30. The van der Waals surface area contributed by atoms with Crippen molar-refractivity contribution in [2.45, 2.75) is 6.42 Å². The molecule has 15 heavy (non-hydrogen) atoms. The molecule has 0 heterocycles. The molecule has 0 saturated carbocycles. The Labute approximate surface area is 88.1 Å². The summed E-state index contributed by atoms with van der Waals surface area (Å²) in [5, 5.41) is 8.64. The zero-order valence-corrected chi connectivity index (χ0v) is 8.61. The molecule has 82 valence electrons. The number of hydrogen-bond donors (Lipinski definition) is 1. The van der Waals surface area contributed by atoms with Gasteiger partial charge in [0, 0.05) is 13.6 Å². The number of rotatable bonds is 4. The molecule has 1 N–H and O–H groups in total. The van der Waals surface area contributed by atoms with Crippen molar-refractivity contribution in [2.75, 3.05) is 20.2 Å². The fourth-order valence-corrected chi connectivity index (χ4v) is 1.21. The molecule has 0 aliphatic heterocycles. The van der Waals surface area contributed by atoms with Crippen LogP contribution in [0.15, 0.2) is 24.3 Å². The minimum Gasteiger partial charge on any atom is -0.395 e. The van der Waals surface area contributed by atoms with Crippen LogP contribution in [0.3, 0.4) is 0 Å². The van der Waals surface area contributed by atoms with Gasteiger partial charge in [0.1, 0.15) is 5.82 Å². The third-order valence-corrected chi connectivity index (χ3v) is 2.16. The van der Waals surface area contributed by atoms with E-state index in [0.29, 0.717) is 5.56 Å².